The molecule has 0 radical (unpaired) electrons. The van der Waals surface area contributed by atoms with Crippen LogP contribution in [0.2, 0.25) is 0 Å². The normalized spacial score (nSPS) is 11.3. The Hall–Kier alpha value is -2.70. The number of nitrogens with one attached hydrogen (secondary N) is 1. The minimum Gasteiger partial charge on any atom is -0.451 e. The predicted molar refractivity (Wildman–Crippen MR) is 104 cm³/mol. The lowest BCUT2D eigenvalue weighted by Gasteiger charge is -2.02. The first-order chi connectivity index (χ1) is 12.7. The van der Waals surface area contributed by atoms with Gasteiger partial charge in [0.05, 0.1) is 16.8 Å². The molecule has 0 aliphatic heterocycles. The highest BCUT2D eigenvalue weighted by Gasteiger charge is 2.21. The zero-order valence-corrected chi connectivity index (χ0v) is 15.4. The van der Waals surface area contributed by atoms with Crippen molar-refractivity contribution in [2.24, 2.45) is 0 Å². The summed E-state index contributed by atoms with van der Waals surface area (Å²) in [7, 11) is 1.60. The number of aromatic nitrogens is 1. The second-order valence-corrected chi connectivity index (χ2v) is 7.00. The average Bonchev–Trinajstić information content (AvgIpc) is 3.22. The number of furan rings is 1. The van der Waals surface area contributed by atoms with Gasteiger partial charge in [-0.15, -0.1) is 0 Å². The van der Waals surface area contributed by atoms with Crippen molar-refractivity contribution in [1.82, 2.24) is 4.98 Å². The molecule has 0 spiro atoms. The van der Waals surface area contributed by atoms with E-state index in [1.807, 2.05) is 30.3 Å². The van der Waals surface area contributed by atoms with E-state index in [0.717, 1.165) is 27.6 Å². The fraction of sp³-hybridized carbons (Fsp3) is 0.200. The van der Waals surface area contributed by atoms with Gasteiger partial charge in [-0.05, 0) is 30.2 Å². The van der Waals surface area contributed by atoms with E-state index in [-0.39, 0.29) is 11.7 Å². The van der Waals surface area contributed by atoms with Crippen LogP contribution in [0.25, 0.3) is 21.2 Å². The number of para-hydroxylation sites is 1. The van der Waals surface area contributed by atoms with Crippen molar-refractivity contribution in [3.8, 4) is 0 Å². The molecule has 26 heavy (non-hydrogen) atoms. The summed E-state index contributed by atoms with van der Waals surface area (Å²) in [6, 6.07) is 13.7. The highest BCUT2D eigenvalue weighted by atomic mass is 32.1. The van der Waals surface area contributed by atoms with Crippen molar-refractivity contribution in [2.75, 3.05) is 12.4 Å². The maximum atomic E-state index is 12.8. The number of ether oxygens (including phenoxy) is 1. The first-order valence-corrected chi connectivity index (χ1v) is 9.21. The molecule has 4 aromatic rings. The first-order valence-electron chi connectivity index (χ1n) is 8.39. The van der Waals surface area contributed by atoms with Crippen LogP contribution in [0.5, 0.6) is 0 Å². The fourth-order valence-electron chi connectivity index (χ4n) is 2.97. The van der Waals surface area contributed by atoms with Gasteiger partial charge >= 0.3 is 0 Å². The molecule has 0 fully saturated rings. The summed E-state index contributed by atoms with van der Waals surface area (Å²) in [5.41, 5.74) is 3.54. The number of rotatable bonds is 5. The number of aryl methyl sites for hydroxylation is 1. The van der Waals surface area contributed by atoms with Crippen LogP contribution in [-0.2, 0) is 17.8 Å². The number of hydrogen-bond acceptors (Lipinski definition) is 5. The molecular formula is C20H18N2O3S. The maximum Gasteiger partial charge on any atom is 0.293 e. The zero-order valence-electron chi connectivity index (χ0n) is 14.5. The van der Waals surface area contributed by atoms with E-state index in [4.69, 9.17) is 9.15 Å². The topological polar surface area (TPSA) is 64.4 Å². The van der Waals surface area contributed by atoms with E-state index in [1.54, 1.807) is 7.11 Å². The smallest absolute Gasteiger partial charge is 0.293 e. The molecule has 0 aliphatic rings. The van der Waals surface area contributed by atoms with Gasteiger partial charge < -0.3 is 9.15 Å². The molecule has 5 nitrogen and oxygen atoms in total. The van der Waals surface area contributed by atoms with E-state index in [0.29, 0.717) is 17.3 Å². The number of nitrogens with zero attached hydrogens (tertiary/aromatic N) is 1. The molecule has 2 heterocycles. The van der Waals surface area contributed by atoms with Crippen LogP contribution in [0.15, 0.2) is 46.9 Å². The lowest BCUT2D eigenvalue weighted by atomic mass is 10.1. The van der Waals surface area contributed by atoms with Crippen molar-refractivity contribution in [1.29, 1.82) is 0 Å². The van der Waals surface area contributed by atoms with Crippen molar-refractivity contribution in [3.05, 3.63) is 59.4 Å². The second-order valence-electron chi connectivity index (χ2n) is 5.97. The summed E-state index contributed by atoms with van der Waals surface area (Å²) in [4.78, 5) is 17.3. The van der Waals surface area contributed by atoms with Gasteiger partial charge in [0, 0.05) is 18.1 Å². The third kappa shape index (κ3) is 2.98. The van der Waals surface area contributed by atoms with E-state index in [2.05, 4.69) is 29.4 Å². The van der Waals surface area contributed by atoms with Crippen molar-refractivity contribution in [2.45, 2.75) is 20.0 Å². The molecule has 0 aliphatic carbocycles. The van der Waals surface area contributed by atoms with Crippen molar-refractivity contribution in [3.63, 3.8) is 0 Å². The minimum absolute atomic E-state index is 0.265. The Kier molecular flexibility index (Phi) is 4.44. The standard InChI is InChI=1S/C20H18N2O3S/c1-3-12-8-9-15-17(10-12)26-20(21-15)22-19(23)18-14(11-24-2)13-6-4-5-7-16(13)25-18/h4-10H,3,11H2,1-2H3,(H,21,22,23). The molecule has 0 saturated heterocycles. The SMILES string of the molecule is CCc1ccc2nc(NC(=O)c3oc4ccccc4c3COC)sc2c1. The van der Waals surface area contributed by atoms with E-state index in [9.17, 15) is 4.79 Å². The van der Waals surface area contributed by atoms with Gasteiger partial charge in [-0.3, -0.25) is 10.1 Å². The molecule has 6 heteroatoms. The monoisotopic (exact) mass is 366 g/mol. The Labute approximate surface area is 154 Å². The number of carbonyl (C=O) groups is 1. The third-order valence-electron chi connectivity index (χ3n) is 4.27. The number of fused-ring (bicyclic) bond motifs is 2. The Morgan fingerprint density at radius 1 is 1.27 bits per heavy atom. The molecule has 2 aromatic carbocycles. The van der Waals surface area contributed by atoms with Crippen LogP contribution >= 0.6 is 11.3 Å². The number of hydrogen-bond donors (Lipinski definition) is 1. The fourth-order valence-corrected chi connectivity index (χ4v) is 3.89. The van der Waals surface area contributed by atoms with E-state index >= 15 is 0 Å². The molecule has 1 N–H and O–H groups in total. The lowest BCUT2D eigenvalue weighted by molar-refractivity contribution is 0.0992. The Morgan fingerprint density at radius 2 is 2.12 bits per heavy atom. The summed E-state index contributed by atoms with van der Waals surface area (Å²) in [5.74, 6) is -0.0513. The maximum absolute atomic E-state index is 12.8. The van der Waals surface area contributed by atoms with Gasteiger partial charge in [-0.2, -0.15) is 0 Å². The molecular weight excluding hydrogens is 348 g/mol. The Bertz CT molecular complexity index is 1100. The molecule has 0 atom stereocenters. The second kappa shape index (κ2) is 6.90. The molecule has 0 unspecified atom stereocenters. The van der Waals surface area contributed by atoms with Gasteiger partial charge in [0.25, 0.3) is 5.91 Å². The Morgan fingerprint density at radius 3 is 2.92 bits per heavy atom. The summed E-state index contributed by atoms with van der Waals surface area (Å²) in [6.07, 6.45) is 0.967. The lowest BCUT2D eigenvalue weighted by Crippen LogP contribution is -2.13. The Balaban J connectivity index is 1.68. The van der Waals surface area contributed by atoms with Crippen molar-refractivity contribution >= 4 is 43.6 Å². The van der Waals surface area contributed by atoms with Gasteiger partial charge in [0.15, 0.2) is 10.9 Å². The van der Waals surface area contributed by atoms with E-state index in [1.165, 1.54) is 16.9 Å². The summed E-state index contributed by atoms with van der Waals surface area (Å²) in [6.45, 7) is 2.42. The predicted octanol–water partition coefficient (Wildman–Crippen LogP) is 5.00. The summed E-state index contributed by atoms with van der Waals surface area (Å²) in [5, 5.41) is 4.31. The van der Waals surface area contributed by atoms with Crippen LogP contribution in [0.3, 0.4) is 0 Å². The highest BCUT2D eigenvalue weighted by molar-refractivity contribution is 7.22. The molecule has 0 bridgehead atoms. The number of amides is 1. The number of thiazole rings is 1. The number of methoxy groups -OCH3 is 1. The number of carbonyl (C=O) groups excluding carboxylic acids is 1. The number of benzene rings is 2. The molecule has 1 amide bonds. The van der Waals surface area contributed by atoms with E-state index < -0.39 is 0 Å². The highest BCUT2D eigenvalue weighted by Crippen LogP contribution is 2.30. The number of anilines is 1. The van der Waals surface area contributed by atoms with Crippen LogP contribution < -0.4 is 5.32 Å². The molecule has 0 saturated carbocycles. The van der Waals surface area contributed by atoms with Gasteiger partial charge in [0.1, 0.15) is 5.58 Å². The molecule has 132 valence electrons. The molecule has 4 rings (SSSR count). The first kappa shape index (κ1) is 16.8. The van der Waals surface area contributed by atoms with Crippen LogP contribution in [0.4, 0.5) is 5.13 Å². The third-order valence-corrected chi connectivity index (χ3v) is 5.21. The average molecular weight is 366 g/mol. The molecule has 2 aromatic heterocycles. The van der Waals surface area contributed by atoms with Crippen LogP contribution in [-0.4, -0.2) is 18.0 Å². The zero-order chi connectivity index (χ0) is 18.1. The van der Waals surface area contributed by atoms with Crippen molar-refractivity contribution < 1.29 is 13.9 Å². The summed E-state index contributed by atoms with van der Waals surface area (Å²) >= 11 is 1.46. The minimum atomic E-state index is -0.317. The largest absolute Gasteiger partial charge is 0.451 e. The van der Waals surface area contributed by atoms with Gasteiger partial charge in [0.2, 0.25) is 0 Å². The summed E-state index contributed by atoms with van der Waals surface area (Å²) < 4.78 is 12.1. The quantitative estimate of drug-likeness (QED) is 0.540. The van der Waals surface area contributed by atoms with Crippen LogP contribution in [0.1, 0.15) is 28.6 Å². The van der Waals surface area contributed by atoms with Crippen LogP contribution in [0, 0.1) is 0 Å². The van der Waals surface area contributed by atoms with Gasteiger partial charge in [-0.1, -0.05) is 42.5 Å². The van der Waals surface area contributed by atoms with Gasteiger partial charge in [-0.25, -0.2) is 4.98 Å².